The molecule has 136 valence electrons. The molecule has 0 atom stereocenters. The van der Waals surface area contributed by atoms with Gasteiger partial charge in [0, 0.05) is 28.3 Å². The molecule has 0 fully saturated rings. The highest BCUT2D eigenvalue weighted by atomic mass is 79.9. The number of pyridine rings is 2. The summed E-state index contributed by atoms with van der Waals surface area (Å²) in [6, 6.07) is 22.6. The van der Waals surface area contributed by atoms with Crippen LogP contribution < -0.4 is 0 Å². The van der Waals surface area contributed by atoms with Gasteiger partial charge < -0.3 is 0 Å². The van der Waals surface area contributed by atoms with Crippen LogP contribution >= 0.6 is 27.5 Å². The van der Waals surface area contributed by atoms with Gasteiger partial charge in [0.05, 0.1) is 11.4 Å². The predicted octanol–water partition coefficient (Wildman–Crippen LogP) is 6.72. The summed E-state index contributed by atoms with van der Waals surface area (Å²) in [5.41, 5.74) is 5.67. The molecule has 3 nitrogen and oxygen atoms in total. The fourth-order valence-electron chi connectivity index (χ4n) is 3.50. The summed E-state index contributed by atoms with van der Waals surface area (Å²) >= 11 is 9.82. The molecule has 0 aliphatic carbocycles. The molecule has 28 heavy (non-hydrogen) atoms. The molecule has 0 radical (unpaired) electrons. The third-order valence-electron chi connectivity index (χ3n) is 4.84. The lowest BCUT2D eigenvalue weighted by molar-refractivity contribution is 1.17. The van der Waals surface area contributed by atoms with Crippen LogP contribution in [-0.2, 0) is 5.88 Å². The van der Waals surface area contributed by atoms with Crippen molar-refractivity contribution in [3.05, 3.63) is 89.2 Å². The van der Waals surface area contributed by atoms with Crippen molar-refractivity contribution in [3.63, 3.8) is 0 Å². The highest BCUT2D eigenvalue weighted by Crippen LogP contribution is 2.38. The molecular weight excluding hydrogens is 434 g/mol. The highest BCUT2D eigenvalue weighted by Gasteiger charge is 2.19. The first-order valence-electron chi connectivity index (χ1n) is 8.91. The van der Waals surface area contributed by atoms with Gasteiger partial charge in [-0.15, -0.1) is 11.6 Å². The lowest BCUT2D eigenvalue weighted by Gasteiger charge is -2.10. The van der Waals surface area contributed by atoms with Crippen LogP contribution in [0.25, 0.3) is 39.1 Å². The molecule has 2 aromatic carbocycles. The number of alkyl halides is 1. The Hall–Kier alpha value is -2.69. The van der Waals surface area contributed by atoms with Gasteiger partial charge in [-0.1, -0.05) is 46.3 Å². The van der Waals surface area contributed by atoms with Crippen LogP contribution in [0.5, 0.6) is 0 Å². The second kappa shape index (κ2) is 7.04. The van der Waals surface area contributed by atoms with Crippen LogP contribution in [0, 0.1) is 0 Å². The van der Waals surface area contributed by atoms with Crippen LogP contribution in [0.4, 0.5) is 0 Å². The number of hydrogen-bond acceptors (Lipinski definition) is 2. The molecular formula is C23H15BrClN3. The van der Waals surface area contributed by atoms with Crippen molar-refractivity contribution in [1.29, 1.82) is 0 Å². The summed E-state index contributed by atoms with van der Waals surface area (Å²) < 4.78 is 3.13. The highest BCUT2D eigenvalue weighted by molar-refractivity contribution is 9.10. The average Bonchev–Trinajstić information content (AvgIpc) is 3.12. The Bertz CT molecular complexity index is 1310. The maximum atomic E-state index is 6.04. The lowest BCUT2D eigenvalue weighted by Crippen LogP contribution is -1.93. The van der Waals surface area contributed by atoms with Gasteiger partial charge in [-0.05, 0) is 52.7 Å². The Morgan fingerprint density at radius 1 is 0.929 bits per heavy atom. The quantitative estimate of drug-likeness (QED) is 0.287. The van der Waals surface area contributed by atoms with Crippen LogP contribution in [0.15, 0.2) is 83.6 Å². The summed E-state index contributed by atoms with van der Waals surface area (Å²) in [6.07, 6.45) is 3.83. The molecule has 0 spiro atoms. The van der Waals surface area contributed by atoms with Gasteiger partial charge in [-0.25, -0.2) is 4.98 Å². The molecule has 5 aromatic rings. The van der Waals surface area contributed by atoms with E-state index in [4.69, 9.17) is 16.6 Å². The van der Waals surface area contributed by atoms with Crippen LogP contribution in [0.2, 0.25) is 0 Å². The predicted molar refractivity (Wildman–Crippen MR) is 119 cm³/mol. The minimum absolute atomic E-state index is 0.456. The monoisotopic (exact) mass is 447 g/mol. The Morgan fingerprint density at radius 2 is 1.71 bits per heavy atom. The molecule has 5 heteroatoms. The molecule has 0 amide bonds. The summed E-state index contributed by atoms with van der Waals surface area (Å²) in [4.78, 5) is 9.46. The van der Waals surface area contributed by atoms with Gasteiger partial charge in [0.2, 0.25) is 0 Å². The molecule has 0 aliphatic rings. The molecule has 3 heterocycles. The Labute approximate surface area is 175 Å². The first-order valence-corrected chi connectivity index (χ1v) is 10.2. The summed E-state index contributed by atoms with van der Waals surface area (Å²) in [5.74, 6) is 0.456. The first kappa shape index (κ1) is 17.4. The molecule has 0 unspecified atom stereocenters. The van der Waals surface area contributed by atoms with Gasteiger partial charge in [-0.3, -0.25) is 9.38 Å². The maximum absolute atomic E-state index is 6.04. The molecule has 0 saturated carbocycles. The van der Waals surface area contributed by atoms with E-state index in [2.05, 4.69) is 61.7 Å². The van der Waals surface area contributed by atoms with Gasteiger partial charge in [0.25, 0.3) is 0 Å². The number of aromatic nitrogens is 3. The van der Waals surface area contributed by atoms with Crippen molar-refractivity contribution in [2.24, 2.45) is 0 Å². The molecule has 5 rings (SSSR count). The second-order valence-electron chi connectivity index (χ2n) is 6.60. The number of benzene rings is 2. The number of hydrogen-bond donors (Lipinski definition) is 0. The van der Waals surface area contributed by atoms with Crippen LogP contribution in [0.3, 0.4) is 0 Å². The van der Waals surface area contributed by atoms with Gasteiger partial charge in [-0.2, -0.15) is 0 Å². The van der Waals surface area contributed by atoms with Crippen molar-refractivity contribution in [2.75, 3.05) is 0 Å². The summed E-state index contributed by atoms with van der Waals surface area (Å²) in [7, 11) is 0. The van der Waals surface area contributed by atoms with Crippen molar-refractivity contribution < 1.29 is 0 Å². The number of nitrogens with zero attached hydrogens (tertiary/aromatic N) is 3. The lowest BCUT2D eigenvalue weighted by atomic mass is 10.0. The normalized spacial score (nSPS) is 11.4. The fraction of sp³-hybridized carbons (Fsp3) is 0.0435. The van der Waals surface area contributed by atoms with Gasteiger partial charge in [0.1, 0.15) is 11.3 Å². The Morgan fingerprint density at radius 3 is 2.46 bits per heavy atom. The zero-order valence-electron chi connectivity index (χ0n) is 14.8. The number of rotatable bonds is 3. The summed E-state index contributed by atoms with van der Waals surface area (Å²) in [5, 5.41) is 2.37. The maximum Gasteiger partial charge on any atom is 0.138 e. The molecule has 0 bridgehead atoms. The first-order chi connectivity index (χ1) is 13.7. The van der Waals surface area contributed by atoms with Crippen molar-refractivity contribution in [2.45, 2.75) is 5.88 Å². The fourth-order valence-corrected chi connectivity index (χ4v) is 4.22. The van der Waals surface area contributed by atoms with Crippen LogP contribution in [-0.4, -0.2) is 14.4 Å². The van der Waals surface area contributed by atoms with E-state index in [1.807, 2.05) is 36.5 Å². The molecule has 0 N–H and O–H groups in total. The van der Waals surface area contributed by atoms with Crippen LogP contribution in [0.1, 0.15) is 5.56 Å². The topological polar surface area (TPSA) is 30.2 Å². The standard InChI is InChI=1S/C23H15BrClN3/c24-19-13-17-6-2-1-5-16(17)12-18(19)23-22(20-7-3-4-9-26-20)27-21-11-15(14-25)8-10-28(21)23/h1-13H,14H2. The number of fused-ring (bicyclic) bond motifs is 2. The zero-order valence-corrected chi connectivity index (χ0v) is 17.2. The second-order valence-corrected chi connectivity index (χ2v) is 7.72. The van der Waals surface area contributed by atoms with Crippen molar-refractivity contribution >= 4 is 44.0 Å². The van der Waals surface area contributed by atoms with Crippen molar-refractivity contribution in [1.82, 2.24) is 14.4 Å². The van der Waals surface area contributed by atoms with E-state index >= 15 is 0 Å². The largest absolute Gasteiger partial charge is 0.299 e. The average molecular weight is 449 g/mol. The SMILES string of the molecule is ClCc1ccn2c(-c3cc4ccccc4cc3Br)c(-c3ccccn3)nc2c1. The molecule has 0 aliphatic heterocycles. The van der Waals surface area contributed by atoms with E-state index in [-0.39, 0.29) is 0 Å². The third kappa shape index (κ3) is 2.89. The van der Waals surface area contributed by atoms with E-state index in [0.29, 0.717) is 5.88 Å². The Balaban J connectivity index is 1.86. The smallest absolute Gasteiger partial charge is 0.138 e. The molecule has 0 saturated heterocycles. The minimum atomic E-state index is 0.456. The third-order valence-corrected chi connectivity index (χ3v) is 5.81. The number of imidazole rings is 1. The molecule has 3 aromatic heterocycles. The number of halogens is 2. The zero-order chi connectivity index (χ0) is 19.1. The minimum Gasteiger partial charge on any atom is -0.299 e. The summed E-state index contributed by atoms with van der Waals surface area (Å²) in [6.45, 7) is 0. The Kier molecular flexibility index (Phi) is 4.38. The van der Waals surface area contributed by atoms with Gasteiger partial charge in [0.15, 0.2) is 0 Å². The van der Waals surface area contributed by atoms with E-state index in [1.54, 1.807) is 6.20 Å². The van der Waals surface area contributed by atoms with E-state index in [1.165, 1.54) is 10.8 Å². The van der Waals surface area contributed by atoms with E-state index in [0.717, 1.165) is 38.3 Å². The van der Waals surface area contributed by atoms with Crippen molar-refractivity contribution in [3.8, 4) is 22.6 Å². The van der Waals surface area contributed by atoms with Gasteiger partial charge >= 0.3 is 0 Å². The van der Waals surface area contributed by atoms with E-state index in [9.17, 15) is 0 Å². The van der Waals surface area contributed by atoms with E-state index < -0.39 is 0 Å².